The molecule has 4 aromatic rings. The van der Waals surface area contributed by atoms with Gasteiger partial charge in [-0.3, -0.25) is 4.79 Å². The summed E-state index contributed by atoms with van der Waals surface area (Å²) >= 11 is 0. The van der Waals surface area contributed by atoms with Crippen molar-refractivity contribution in [1.29, 1.82) is 0 Å². The third-order valence-electron chi connectivity index (χ3n) is 6.75. The van der Waals surface area contributed by atoms with Crippen molar-refractivity contribution in [2.45, 2.75) is 39.2 Å². The van der Waals surface area contributed by atoms with Crippen molar-refractivity contribution in [3.63, 3.8) is 0 Å². The lowest BCUT2D eigenvalue weighted by atomic mass is 9.93. The van der Waals surface area contributed by atoms with Crippen molar-refractivity contribution in [2.75, 3.05) is 19.8 Å². The summed E-state index contributed by atoms with van der Waals surface area (Å²) in [6, 6.07) is 25.0. The number of para-hydroxylation sites is 1. The first-order valence-electron chi connectivity index (χ1n) is 12.3. The predicted molar refractivity (Wildman–Crippen MR) is 138 cm³/mol. The summed E-state index contributed by atoms with van der Waals surface area (Å²) in [5.74, 6) is 0.106. The fraction of sp³-hybridized carbons (Fsp3) is 0.300. The number of nitrogens with one attached hydrogen (secondary N) is 1. The molecule has 0 saturated carbocycles. The van der Waals surface area contributed by atoms with Gasteiger partial charge < -0.3 is 14.6 Å². The molecule has 0 bridgehead atoms. The molecule has 1 aliphatic rings. The molecule has 0 spiro atoms. The molecule has 0 unspecified atom stereocenters. The zero-order valence-electron chi connectivity index (χ0n) is 20.0. The van der Waals surface area contributed by atoms with Crippen molar-refractivity contribution < 1.29 is 9.53 Å². The van der Waals surface area contributed by atoms with Gasteiger partial charge in [0.25, 0.3) is 5.91 Å². The van der Waals surface area contributed by atoms with Crippen LogP contribution in [0.1, 0.15) is 59.3 Å². The van der Waals surface area contributed by atoms with Crippen LogP contribution in [0.5, 0.6) is 0 Å². The molecule has 34 heavy (non-hydrogen) atoms. The van der Waals surface area contributed by atoms with Crippen LogP contribution in [0.25, 0.3) is 22.2 Å². The van der Waals surface area contributed by atoms with Crippen LogP contribution in [-0.4, -0.2) is 35.5 Å². The minimum absolute atomic E-state index is 0.106. The monoisotopic (exact) mass is 452 g/mol. The van der Waals surface area contributed by atoms with Crippen molar-refractivity contribution in [3.05, 3.63) is 95.1 Å². The van der Waals surface area contributed by atoms with E-state index in [2.05, 4.69) is 73.4 Å². The molecule has 4 heteroatoms. The highest BCUT2D eigenvalue weighted by molar-refractivity contribution is 6.02. The van der Waals surface area contributed by atoms with E-state index in [4.69, 9.17) is 4.74 Å². The molecular formula is C30H32N2O2. The first kappa shape index (κ1) is 22.4. The van der Waals surface area contributed by atoms with Crippen molar-refractivity contribution in [3.8, 4) is 11.3 Å². The summed E-state index contributed by atoms with van der Waals surface area (Å²) in [6.45, 7) is 6.39. The second-order valence-electron chi connectivity index (χ2n) is 9.13. The normalized spacial score (nSPS) is 15.3. The van der Waals surface area contributed by atoms with Gasteiger partial charge in [-0.2, -0.15) is 0 Å². The Morgan fingerprint density at radius 2 is 1.65 bits per heavy atom. The topological polar surface area (TPSA) is 45.3 Å². The maximum atomic E-state index is 13.6. The van der Waals surface area contributed by atoms with E-state index < -0.39 is 0 Å². The number of carbonyl (C=O) groups is 1. The van der Waals surface area contributed by atoms with E-state index in [-0.39, 0.29) is 11.9 Å². The largest absolute Gasteiger partial charge is 0.381 e. The summed E-state index contributed by atoms with van der Waals surface area (Å²) < 4.78 is 5.80. The fourth-order valence-corrected chi connectivity index (χ4v) is 4.99. The number of nitrogens with zero attached hydrogens (tertiary/aromatic N) is 1. The van der Waals surface area contributed by atoms with Gasteiger partial charge in [-0.1, -0.05) is 79.6 Å². The van der Waals surface area contributed by atoms with E-state index in [9.17, 15) is 4.79 Å². The zero-order valence-corrected chi connectivity index (χ0v) is 20.0. The molecule has 0 aliphatic carbocycles. The molecule has 0 fully saturated rings. The Morgan fingerprint density at radius 3 is 2.47 bits per heavy atom. The molecule has 1 atom stereocenters. The molecule has 0 radical (unpaired) electrons. The van der Waals surface area contributed by atoms with Crippen LogP contribution in [0.3, 0.4) is 0 Å². The molecule has 0 saturated heterocycles. The van der Waals surface area contributed by atoms with Gasteiger partial charge in [0.2, 0.25) is 0 Å². The lowest BCUT2D eigenvalue weighted by Crippen LogP contribution is -2.30. The average Bonchev–Trinajstić information content (AvgIpc) is 3.37. The van der Waals surface area contributed by atoms with Crippen LogP contribution in [0.4, 0.5) is 0 Å². The first-order valence-corrected chi connectivity index (χ1v) is 12.3. The van der Waals surface area contributed by atoms with Gasteiger partial charge in [0, 0.05) is 41.8 Å². The molecule has 1 N–H and O–H groups in total. The number of benzene rings is 3. The Hall–Kier alpha value is -3.37. The number of hydrogen-bond donors (Lipinski definition) is 1. The van der Waals surface area contributed by atoms with Gasteiger partial charge >= 0.3 is 0 Å². The van der Waals surface area contributed by atoms with Gasteiger partial charge in [-0.05, 0) is 43.0 Å². The third kappa shape index (κ3) is 4.14. The number of aromatic amines is 1. The van der Waals surface area contributed by atoms with Crippen LogP contribution in [0, 0.1) is 6.92 Å². The Morgan fingerprint density at radius 1 is 0.912 bits per heavy atom. The summed E-state index contributed by atoms with van der Waals surface area (Å²) in [5.41, 5.74) is 7.60. The summed E-state index contributed by atoms with van der Waals surface area (Å²) in [5, 5.41) is 1.16. The highest BCUT2D eigenvalue weighted by Crippen LogP contribution is 2.45. The molecule has 4 nitrogen and oxygen atoms in total. The highest BCUT2D eigenvalue weighted by atomic mass is 16.5. The van der Waals surface area contributed by atoms with Crippen LogP contribution in [0.2, 0.25) is 0 Å². The highest BCUT2D eigenvalue weighted by Gasteiger charge is 2.39. The van der Waals surface area contributed by atoms with Gasteiger partial charge in [0.05, 0.1) is 11.7 Å². The second-order valence-corrected chi connectivity index (χ2v) is 9.13. The minimum Gasteiger partial charge on any atom is -0.381 e. The molecular weight excluding hydrogens is 420 g/mol. The van der Waals surface area contributed by atoms with Crippen molar-refractivity contribution in [1.82, 2.24) is 9.88 Å². The summed E-state index contributed by atoms with van der Waals surface area (Å²) in [4.78, 5) is 19.3. The van der Waals surface area contributed by atoms with Crippen molar-refractivity contribution in [2.24, 2.45) is 0 Å². The summed E-state index contributed by atoms with van der Waals surface area (Å²) in [6.07, 6.45) is 3.03. The van der Waals surface area contributed by atoms with Crippen LogP contribution < -0.4 is 0 Å². The number of fused-ring (bicyclic) bond motifs is 2. The van der Waals surface area contributed by atoms with Crippen molar-refractivity contribution >= 4 is 16.8 Å². The smallest absolute Gasteiger partial charge is 0.255 e. The number of H-pyrrole nitrogens is 1. The Bertz CT molecular complexity index is 1290. The number of rotatable bonds is 9. The Kier molecular flexibility index (Phi) is 6.50. The maximum absolute atomic E-state index is 13.6. The lowest BCUT2D eigenvalue weighted by Gasteiger charge is -2.27. The standard InChI is InChI=1S/C30H32N2O2/c1-3-4-19-34-20-9-18-32-29(23-10-5-6-11-24(23)30(32)33)27-25-12-7-8-13-26(25)31-28(27)22-16-14-21(2)15-17-22/h5-8,10-17,29,31H,3-4,9,18-20H2,1-2H3/t29-/m0/s1. The van der Waals surface area contributed by atoms with Crippen LogP contribution >= 0.6 is 0 Å². The molecule has 1 aromatic heterocycles. The molecule has 1 amide bonds. The number of ether oxygens (including phenoxy) is 1. The number of aromatic nitrogens is 1. The van der Waals surface area contributed by atoms with E-state index in [0.717, 1.165) is 59.2 Å². The minimum atomic E-state index is -0.133. The number of carbonyl (C=O) groups excluding carboxylic acids is 1. The van der Waals surface area contributed by atoms with Gasteiger partial charge in [0.15, 0.2) is 0 Å². The van der Waals surface area contributed by atoms with E-state index in [1.165, 1.54) is 11.1 Å². The Balaban J connectivity index is 1.58. The number of hydrogen-bond acceptors (Lipinski definition) is 2. The van der Waals surface area contributed by atoms with E-state index >= 15 is 0 Å². The lowest BCUT2D eigenvalue weighted by molar-refractivity contribution is 0.0710. The van der Waals surface area contributed by atoms with E-state index in [1.807, 2.05) is 23.1 Å². The molecule has 2 heterocycles. The average molecular weight is 453 g/mol. The van der Waals surface area contributed by atoms with E-state index in [0.29, 0.717) is 13.2 Å². The van der Waals surface area contributed by atoms with Gasteiger partial charge in [0.1, 0.15) is 0 Å². The third-order valence-corrected chi connectivity index (χ3v) is 6.75. The zero-order chi connectivity index (χ0) is 23.5. The number of amides is 1. The van der Waals surface area contributed by atoms with E-state index in [1.54, 1.807) is 0 Å². The van der Waals surface area contributed by atoms with Gasteiger partial charge in [-0.15, -0.1) is 0 Å². The molecule has 174 valence electrons. The number of unbranched alkanes of at least 4 members (excludes halogenated alkanes) is 1. The van der Waals surface area contributed by atoms with Crippen LogP contribution in [-0.2, 0) is 4.74 Å². The SMILES string of the molecule is CCCCOCCCN1C(=O)c2ccccc2[C@H]1c1c(-c2ccc(C)cc2)[nH]c2ccccc12. The first-order chi connectivity index (χ1) is 16.7. The van der Waals surface area contributed by atoms with Gasteiger partial charge in [-0.25, -0.2) is 0 Å². The second kappa shape index (κ2) is 9.86. The number of aryl methyl sites for hydroxylation is 1. The molecule has 1 aliphatic heterocycles. The fourth-order valence-electron chi connectivity index (χ4n) is 4.99. The molecule has 3 aromatic carbocycles. The van der Waals surface area contributed by atoms with Crippen LogP contribution in [0.15, 0.2) is 72.8 Å². The predicted octanol–water partition coefficient (Wildman–Crippen LogP) is 6.90. The molecule has 5 rings (SSSR count). The summed E-state index contributed by atoms with van der Waals surface area (Å²) in [7, 11) is 0. The Labute approximate surface area is 201 Å². The quantitative estimate of drug-likeness (QED) is 0.281. The maximum Gasteiger partial charge on any atom is 0.255 e.